The van der Waals surface area contributed by atoms with Crippen molar-refractivity contribution in [1.82, 2.24) is 20.1 Å². The third-order valence-corrected chi connectivity index (χ3v) is 6.06. The van der Waals surface area contributed by atoms with E-state index in [2.05, 4.69) is 15.4 Å². The third kappa shape index (κ3) is 5.00. The molecule has 180 valence electrons. The number of nitrogens with zero attached hydrogens (tertiary/aromatic N) is 3. The van der Waals surface area contributed by atoms with E-state index in [4.69, 9.17) is 5.11 Å². The van der Waals surface area contributed by atoms with Crippen LogP contribution in [0, 0.1) is 5.82 Å². The van der Waals surface area contributed by atoms with Gasteiger partial charge in [-0.25, -0.2) is 9.37 Å². The van der Waals surface area contributed by atoms with Crippen LogP contribution < -0.4 is 10.9 Å². The number of thiazole rings is 1. The van der Waals surface area contributed by atoms with E-state index in [0.717, 1.165) is 21.3 Å². The minimum Gasteiger partial charge on any atom is -0.390 e. The van der Waals surface area contributed by atoms with E-state index < -0.39 is 41.4 Å². The van der Waals surface area contributed by atoms with Crippen LogP contribution in [0.1, 0.15) is 34.6 Å². The number of carbonyl (C=O) groups excluding carboxylic acids is 1. The smallest absolute Gasteiger partial charge is 0.298 e. The number of hydrogen-bond acceptors (Lipinski definition) is 6. The highest BCUT2D eigenvalue weighted by molar-refractivity contribution is 7.13. The lowest BCUT2D eigenvalue weighted by Crippen LogP contribution is -2.31. The summed E-state index contributed by atoms with van der Waals surface area (Å²) in [7, 11) is 0. The number of nitrogens with one attached hydrogen (secondary N) is 1. The summed E-state index contributed by atoms with van der Waals surface area (Å²) in [5.41, 5.74) is -0.580. The van der Waals surface area contributed by atoms with Gasteiger partial charge in [-0.1, -0.05) is 24.3 Å². The Morgan fingerprint density at radius 3 is 2.69 bits per heavy atom. The van der Waals surface area contributed by atoms with E-state index in [0.29, 0.717) is 5.69 Å². The fourth-order valence-electron chi connectivity index (χ4n) is 3.45. The van der Waals surface area contributed by atoms with E-state index in [1.807, 2.05) is 11.4 Å². The molecule has 7 nitrogen and oxygen atoms in total. The van der Waals surface area contributed by atoms with Crippen molar-refractivity contribution in [3.05, 3.63) is 99.2 Å². The van der Waals surface area contributed by atoms with Crippen molar-refractivity contribution >= 4 is 17.2 Å². The van der Waals surface area contributed by atoms with Crippen LogP contribution in [0.3, 0.4) is 0 Å². The highest BCUT2D eigenvalue weighted by atomic mass is 32.1. The second-order valence-corrected chi connectivity index (χ2v) is 8.52. The maximum atomic E-state index is 14.7. The van der Waals surface area contributed by atoms with Gasteiger partial charge in [0.25, 0.3) is 17.4 Å². The molecule has 0 fully saturated rings. The van der Waals surface area contributed by atoms with Gasteiger partial charge >= 0.3 is 0 Å². The minimum absolute atomic E-state index is 0.131. The number of benzene rings is 2. The summed E-state index contributed by atoms with van der Waals surface area (Å²) >= 11 is 1.43. The Bertz CT molecular complexity index is 1420. The number of rotatable bonds is 7. The summed E-state index contributed by atoms with van der Waals surface area (Å²) in [6.45, 7) is -0.131. The van der Waals surface area contributed by atoms with Gasteiger partial charge in [-0.3, -0.25) is 9.59 Å². The van der Waals surface area contributed by atoms with Crippen LogP contribution in [-0.4, -0.2) is 32.4 Å². The summed E-state index contributed by atoms with van der Waals surface area (Å²) in [6.07, 6.45) is 1.66. The second-order valence-electron chi connectivity index (χ2n) is 7.62. The lowest BCUT2D eigenvalue weighted by molar-refractivity contribution is -0.0584. The third-order valence-electron chi connectivity index (χ3n) is 5.24. The molecule has 2 aromatic heterocycles. The molecule has 35 heavy (non-hydrogen) atoms. The largest absolute Gasteiger partial charge is 0.390 e. The van der Waals surface area contributed by atoms with Gasteiger partial charge < -0.3 is 10.4 Å². The Hall–Kier alpha value is -3.83. The molecule has 0 spiro atoms. The van der Waals surface area contributed by atoms with Crippen molar-refractivity contribution in [1.29, 1.82) is 0 Å². The Morgan fingerprint density at radius 1 is 1.20 bits per heavy atom. The molecule has 0 unspecified atom stereocenters. The van der Waals surface area contributed by atoms with Crippen molar-refractivity contribution in [3.8, 4) is 16.3 Å². The van der Waals surface area contributed by atoms with Crippen LogP contribution in [0.2, 0.25) is 0 Å². The molecule has 0 bridgehead atoms. The molecule has 0 radical (unpaired) electrons. The quantitative estimate of drug-likeness (QED) is 0.399. The Labute approximate surface area is 201 Å². The molecule has 11 heteroatoms. The van der Waals surface area contributed by atoms with Crippen LogP contribution >= 0.6 is 11.3 Å². The first-order chi connectivity index (χ1) is 16.7. The van der Waals surface area contributed by atoms with Gasteiger partial charge in [0.15, 0.2) is 0 Å². The zero-order valence-corrected chi connectivity index (χ0v) is 19.1. The molecule has 2 heterocycles. The highest BCUT2D eigenvalue weighted by Gasteiger charge is 2.35. The Morgan fingerprint density at radius 2 is 1.97 bits per heavy atom. The number of halogens is 3. The van der Waals surface area contributed by atoms with Crippen molar-refractivity contribution in [2.75, 3.05) is 6.61 Å². The molecular weight excluding hydrogens is 481 g/mol. The van der Waals surface area contributed by atoms with Crippen LogP contribution in [0.4, 0.5) is 13.2 Å². The number of carbonyl (C=O) groups is 1. The Kier molecular flexibility index (Phi) is 6.81. The van der Waals surface area contributed by atoms with Gasteiger partial charge in [-0.15, -0.1) is 11.3 Å². The Balaban J connectivity index is 1.61. The molecule has 2 aromatic carbocycles. The molecule has 0 aliphatic heterocycles. The molecule has 0 aliphatic rings. The predicted octanol–water partition coefficient (Wildman–Crippen LogP) is 4.07. The molecule has 1 atom stereocenters. The van der Waals surface area contributed by atoms with Gasteiger partial charge in [0.2, 0.25) is 0 Å². The van der Waals surface area contributed by atoms with E-state index >= 15 is 0 Å². The monoisotopic (exact) mass is 500 g/mol. The summed E-state index contributed by atoms with van der Waals surface area (Å²) in [5.74, 6) is -5.73. The maximum absolute atomic E-state index is 14.7. The van der Waals surface area contributed by atoms with Crippen LogP contribution in [-0.2, 0) is 5.92 Å². The fraction of sp³-hybridized carbons (Fsp3) is 0.167. The molecule has 2 N–H and O–H groups in total. The van der Waals surface area contributed by atoms with E-state index in [1.54, 1.807) is 24.4 Å². The molecule has 1 amide bonds. The predicted molar refractivity (Wildman–Crippen MR) is 124 cm³/mol. The van der Waals surface area contributed by atoms with Crippen LogP contribution in [0.15, 0.2) is 71.0 Å². The van der Waals surface area contributed by atoms with Gasteiger partial charge in [0.1, 0.15) is 23.1 Å². The zero-order valence-electron chi connectivity index (χ0n) is 18.3. The number of aliphatic hydroxyl groups is 1. The summed E-state index contributed by atoms with van der Waals surface area (Å²) in [4.78, 5) is 29.5. The maximum Gasteiger partial charge on any atom is 0.298 e. The van der Waals surface area contributed by atoms with Gasteiger partial charge in [0.05, 0.1) is 17.3 Å². The number of aliphatic hydroxyl groups excluding tert-OH is 1. The molecule has 0 saturated heterocycles. The summed E-state index contributed by atoms with van der Waals surface area (Å²) in [6, 6.07) is 11.7. The SMILES string of the molecule is C[C@@H](NC(=O)c1ccc(=O)n(-c2cccc(-c3nccs3)c2)n1)c1cccc(C(F)(F)CO)c1F. The molecule has 0 saturated carbocycles. The molecule has 4 rings (SSSR count). The van der Waals surface area contributed by atoms with Gasteiger partial charge in [0, 0.05) is 28.8 Å². The minimum atomic E-state index is -3.77. The van der Waals surface area contributed by atoms with Gasteiger partial charge in [-0.2, -0.15) is 18.6 Å². The zero-order chi connectivity index (χ0) is 25.2. The fourth-order valence-corrected chi connectivity index (χ4v) is 4.09. The van der Waals surface area contributed by atoms with Crippen LogP contribution in [0.25, 0.3) is 16.3 Å². The van der Waals surface area contributed by atoms with Crippen molar-refractivity contribution in [2.24, 2.45) is 0 Å². The first-order valence-electron chi connectivity index (χ1n) is 10.4. The lowest BCUT2D eigenvalue weighted by atomic mass is 10.0. The average molecular weight is 501 g/mol. The normalized spacial score (nSPS) is 12.4. The number of aromatic nitrogens is 3. The average Bonchev–Trinajstić information content (AvgIpc) is 3.39. The van der Waals surface area contributed by atoms with Gasteiger partial charge in [-0.05, 0) is 31.2 Å². The van der Waals surface area contributed by atoms with Crippen molar-refractivity contribution in [3.63, 3.8) is 0 Å². The van der Waals surface area contributed by atoms with E-state index in [-0.39, 0.29) is 11.3 Å². The number of amides is 1. The molecule has 4 aromatic rings. The number of alkyl halides is 2. The molecule has 0 aliphatic carbocycles. The second kappa shape index (κ2) is 9.80. The first kappa shape index (κ1) is 24.3. The summed E-state index contributed by atoms with van der Waals surface area (Å²) < 4.78 is 43.5. The molecular formula is C24H19F3N4O3S. The number of hydrogen-bond donors (Lipinski definition) is 2. The summed E-state index contributed by atoms with van der Waals surface area (Å²) in [5, 5.41) is 18.1. The van der Waals surface area contributed by atoms with E-state index in [1.165, 1.54) is 42.5 Å². The van der Waals surface area contributed by atoms with E-state index in [9.17, 15) is 22.8 Å². The van der Waals surface area contributed by atoms with Crippen LogP contribution in [0.5, 0.6) is 0 Å². The highest BCUT2D eigenvalue weighted by Crippen LogP contribution is 2.32. The first-order valence-corrected chi connectivity index (χ1v) is 11.3. The topological polar surface area (TPSA) is 97.1 Å². The van der Waals surface area contributed by atoms with Crippen molar-refractivity contribution in [2.45, 2.75) is 18.9 Å². The lowest BCUT2D eigenvalue weighted by Gasteiger charge is -2.20. The van der Waals surface area contributed by atoms with Crippen molar-refractivity contribution < 1.29 is 23.1 Å². The standard InChI is InChI=1S/C24H19F3N4O3S/c1-14(17-6-3-7-18(21(17)25)24(26,27)13-32)29-22(34)19-8-9-20(33)31(30-19)16-5-2-4-15(12-16)23-28-10-11-35-23/h2-12,14,32H,13H2,1H3,(H,29,34)/t14-/m1/s1.